The van der Waals surface area contributed by atoms with Crippen LogP contribution in [0.3, 0.4) is 0 Å². The number of hydrogen-bond donors (Lipinski definition) is 2. The van der Waals surface area contributed by atoms with Crippen LogP contribution >= 0.6 is 11.8 Å². The zero-order valence-electron chi connectivity index (χ0n) is 14.9. The summed E-state index contributed by atoms with van der Waals surface area (Å²) in [6, 6.07) is 3.27. The molecule has 7 nitrogen and oxygen atoms in total. The van der Waals surface area contributed by atoms with Crippen molar-refractivity contribution in [1.29, 1.82) is 0 Å². The lowest BCUT2D eigenvalue weighted by atomic mass is 9.91. The molecule has 1 aliphatic rings. The number of aliphatic hydroxyl groups is 1. The molecule has 1 fully saturated rings. The molecular formula is C17H23FN2O5S. The van der Waals surface area contributed by atoms with Gasteiger partial charge in [-0.15, -0.1) is 0 Å². The van der Waals surface area contributed by atoms with Crippen molar-refractivity contribution in [2.75, 3.05) is 11.5 Å². The van der Waals surface area contributed by atoms with Crippen molar-refractivity contribution < 1.29 is 24.0 Å². The van der Waals surface area contributed by atoms with Crippen molar-refractivity contribution in [2.45, 2.75) is 44.9 Å². The Labute approximate surface area is 155 Å². The number of benzene rings is 1. The van der Waals surface area contributed by atoms with Gasteiger partial charge < -0.3 is 15.2 Å². The summed E-state index contributed by atoms with van der Waals surface area (Å²) in [5.41, 5.74) is -0.639. The number of nitro benzene ring substituents is 1. The zero-order chi connectivity index (χ0) is 19.5. The number of alkyl carbamates (subject to hydrolysis) is 1. The summed E-state index contributed by atoms with van der Waals surface area (Å²) in [6.07, 6.45) is -1.05. The minimum Gasteiger partial charge on any atom is -0.444 e. The highest BCUT2D eigenvalue weighted by molar-refractivity contribution is 7.99. The molecule has 0 spiro atoms. The number of nitro groups is 1. The average molecular weight is 386 g/mol. The van der Waals surface area contributed by atoms with Crippen LogP contribution < -0.4 is 5.32 Å². The van der Waals surface area contributed by atoms with E-state index in [2.05, 4.69) is 5.32 Å². The smallest absolute Gasteiger partial charge is 0.407 e. The van der Waals surface area contributed by atoms with Crippen LogP contribution in [-0.2, 0) is 11.2 Å². The van der Waals surface area contributed by atoms with Gasteiger partial charge in [-0.1, -0.05) is 6.07 Å². The molecule has 1 aliphatic heterocycles. The molecule has 9 heteroatoms. The Kier molecular flexibility index (Phi) is 6.46. The third kappa shape index (κ3) is 5.57. The van der Waals surface area contributed by atoms with Crippen LogP contribution in [0.15, 0.2) is 18.2 Å². The molecule has 26 heavy (non-hydrogen) atoms. The molecule has 1 saturated heterocycles. The number of aliphatic hydroxyl groups excluding tert-OH is 1. The molecule has 1 amide bonds. The summed E-state index contributed by atoms with van der Waals surface area (Å²) in [4.78, 5) is 21.8. The summed E-state index contributed by atoms with van der Waals surface area (Å²) in [5.74, 6) is 0.0843. The number of nitrogens with zero attached hydrogens (tertiary/aromatic N) is 1. The lowest BCUT2D eigenvalue weighted by Crippen LogP contribution is -2.52. The fourth-order valence-electron chi connectivity index (χ4n) is 2.77. The first-order valence-corrected chi connectivity index (χ1v) is 9.40. The van der Waals surface area contributed by atoms with E-state index in [1.807, 2.05) is 0 Å². The van der Waals surface area contributed by atoms with Gasteiger partial charge in [-0.25, -0.2) is 4.79 Å². The van der Waals surface area contributed by atoms with Crippen LogP contribution in [0.1, 0.15) is 26.3 Å². The number of amides is 1. The van der Waals surface area contributed by atoms with Crippen molar-refractivity contribution in [2.24, 2.45) is 5.92 Å². The Morgan fingerprint density at radius 1 is 1.46 bits per heavy atom. The van der Waals surface area contributed by atoms with Crippen LogP contribution in [0.2, 0.25) is 0 Å². The third-order valence-electron chi connectivity index (χ3n) is 3.93. The number of nitrogens with one attached hydrogen (secondary N) is 1. The minimum atomic E-state index is -0.895. The molecular weight excluding hydrogens is 363 g/mol. The van der Waals surface area contributed by atoms with E-state index in [4.69, 9.17) is 4.74 Å². The van der Waals surface area contributed by atoms with Gasteiger partial charge in [0.15, 0.2) is 0 Å². The Morgan fingerprint density at radius 2 is 2.15 bits per heavy atom. The maximum atomic E-state index is 13.8. The van der Waals surface area contributed by atoms with Gasteiger partial charge in [0.2, 0.25) is 5.82 Å². The Hall–Kier alpha value is -1.87. The summed E-state index contributed by atoms with van der Waals surface area (Å²) in [5, 5.41) is 23.9. The SMILES string of the molecule is CC(C)(C)OC(=O)N[C@H]1CSC[C@@H](Cc2ccc([N+](=O)[O-])c(F)c2)[C@@H]1O. The Bertz CT molecular complexity index is 680. The zero-order valence-corrected chi connectivity index (χ0v) is 15.7. The van der Waals surface area contributed by atoms with Crippen LogP contribution in [0.25, 0.3) is 0 Å². The molecule has 0 aromatic heterocycles. The summed E-state index contributed by atoms with van der Waals surface area (Å²) in [7, 11) is 0. The lowest BCUT2D eigenvalue weighted by Gasteiger charge is -2.35. The van der Waals surface area contributed by atoms with E-state index in [1.165, 1.54) is 6.07 Å². The molecule has 0 aliphatic carbocycles. The van der Waals surface area contributed by atoms with Gasteiger partial charge >= 0.3 is 11.8 Å². The number of ether oxygens (including phenoxy) is 1. The normalized spacial score (nSPS) is 23.3. The number of rotatable bonds is 4. The number of halogens is 1. The molecule has 1 heterocycles. The van der Waals surface area contributed by atoms with E-state index in [0.29, 0.717) is 23.5 Å². The molecule has 0 saturated carbocycles. The second-order valence-corrected chi connectivity index (χ2v) is 8.36. The fourth-order valence-corrected chi connectivity index (χ4v) is 4.05. The molecule has 1 aromatic rings. The maximum Gasteiger partial charge on any atom is 0.407 e. The van der Waals surface area contributed by atoms with E-state index in [1.54, 1.807) is 32.5 Å². The van der Waals surface area contributed by atoms with E-state index in [9.17, 15) is 24.4 Å². The van der Waals surface area contributed by atoms with Gasteiger partial charge in [-0.3, -0.25) is 10.1 Å². The Morgan fingerprint density at radius 3 is 2.73 bits per heavy atom. The quantitative estimate of drug-likeness (QED) is 0.609. The van der Waals surface area contributed by atoms with Crippen molar-refractivity contribution in [3.05, 3.63) is 39.7 Å². The number of carbonyl (C=O) groups is 1. The highest BCUT2D eigenvalue weighted by Crippen LogP contribution is 2.28. The number of carbonyl (C=O) groups excluding carboxylic acids is 1. The highest BCUT2D eigenvalue weighted by atomic mass is 32.2. The minimum absolute atomic E-state index is 0.213. The van der Waals surface area contributed by atoms with Gasteiger partial charge in [-0.2, -0.15) is 16.2 Å². The molecule has 1 aromatic carbocycles. The summed E-state index contributed by atoms with van der Waals surface area (Å²) in [6.45, 7) is 5.26. The lowest BCUT2D eigenvalue weighted by molar-refractivity contribution is -0.387. The van der Waals surface area contributed by atoms with Gasteiger partial charge in [0.1, 0.15) is 5.60 Å². The highest BCUT2D eigenvalue weighted by Gasteiger charge is 2.34. The van der Waals surface area contributed by atoms with E-state index in [-0.39, 0.29) is 5.92 Å². The molecule has 0 radical (unpaired) electrons. The molecule has 2 rings (SSSR count). The standard InChI is InChI=1S/C17H23FN2O5S/c1-17(2,3)25-16(22)19-13-9-26-8-11(15(13)21)6-10-4-5-14(20(23)24)12(18)7-10/h4-5,7,11,13,15,21H,6,8-9H2,1-3H3,(H,19,22)/t11-,13+,15+/m1/s1. The third-order valence-corrected chi connectivity index (χ3v) is 5.19. The van der Waals surface area contributed by atoms with Gasteiger partial charge in [0, 0.05) is 11.8 Å². The maximum absolute atomic E-state index is 13.8. The topological polar surface area (TPSA) is 102 Å². The number of hydrogen-bond acceptors (Lipinski definition) is 6. The molecule has 0 unspecified atom stereocenters. The second kappa shape index (κ2) is 8.22. The summed E-state index contributed by atoms with van der Waals surface area (Å²) >= 11 is 1.57. The Balaban J connectivity index is 2.01. The van der Waals surface area contributed by atoms with Gasteiger partial charge in [0.25, 0.3) is 0 Å². The first-order chi connectivity index (χ1) is 12.1. The van der Waals surface area contributed by atoms with E-state index >= 15 is 0 Å². The predicted molar refractivity (Wildman–Crippen MR) is 96.7 cm³/mol. The van der Waals surface area contributed by atoms with Gasteiger partial charge in [0.05, 0.1) is 17.1 Å². The molecule has 3 atom stereocenters. The van der Waals surface area contributed by atoms with Gasteiger partial charge in [-0.05, 0) is 50.5 Å². The first-order valence-electron chi connectivity index (χ1n) is 8.25. The monoisotopic (exact) mass is 386 g/mol. The molecule has 2 N–H and O–H groups in total. The largest absolute Gasteiger partial charge is 0.444 e. The van der Waals surface area contributed by atoms with E-state index < -0.39 is 40.3 Å². The second-order valence-electron chi connectivity index (χ2n) is 7.29. The fraction of sp³-hybridized carbons (Fsp3) is 0.588. The van der Waals surface area contributed by atoms with E-state index in [0.717, 1.165) is 12.1 Å². The first kappa shape index (κ1) is 20.4. The van der Waals surface area contributed by atoms with Crippen LogP contribution in [0, 0.1) is 21.8 Å². The predicted octanol–water partition coefficient (Wildman–Crippen LogP) is 2.89. The van der Waals surface area contributed by atoms with Crippen LogP contribution in [-0.4, -0.2) is 45.4 Å². The average Bonchev–Trinajstić information content (AvgIpc) is 2.49. The van der Waals surface area contributed by atoms with Crippen molar-refractivity contribution in [3.8, 4) is 0 Å². The molecule has 0 bridgehead atoms. The van der Waals surface area contributed by atoms with Crippen molar-refractivity contribution >= 4 is 23.5 Å². The summed E-state index contributed by atoms with van der Waals surface area (Å²) < 4.78 is 19.0. The number of thioether (sulfide) groups is 1. The van der Waals surface area contributed by atoms with Crippen LogP contribution in [0.4, 0.5) is 14.9 Å². The molecule has 144 valence electrons. The van der Waals surface area contributed by atoms with Crippen molar-refractivity contribution in [1.82, 2.24) is 5.32 Å². The van der Waals surface area contributed by atoms with Crippen molar-refractivity contribution in [3.63, 3.8) is 0 Å². The van der Waals surface area contributed by atoms with Crippen LogP contribution in [0.5, 0.6) is 0 Å².